The summed E-state index contributed by atoms with van der Waals surface area (Å²) < 4.78 is 30.6. The van der Waals surface area contributed by atoms with E-state index in [1.807, 2.05) is 0 Å². The van der Waals surface area contributed by atoms with E-state index in [4.69, 9.17) is 23.7 Å². The predicted molar refractivity (Wildman–Crippen MR) is 300 cm³/mol. The molecule has 0 aromatic rings. The summed E-state index contributed by atoms with van der Waals surface area (Å²) in [5.74, 6) is 5.68. The van der Waals surface area contributed by atoms with Crippen LogP contribution in [-0.2, 0) is 33.3 Å². The van der Waals surface area contributed by atoms with Crippen molar-refractivity contribution < 1.29 is 33.3 Å². The van der Waals surface area contributed by atoms with Gasteiger partial charge in [-0.1, -0.05) is 151 Å². The quantitative estimate of drug-likeness (QED) is 0.0260. The van der Waals surface area contributed by atoms with Crippen LogP contribution in [0.1, 0.15) is 275 Å². The molecule has 8 heteroatoms. The summed E-state index contributed by atoms with van der Waals surface area (Å²) >= 11 is 0. The maximum Gasteiger partial charge on any atom is 0.306 e. The van der Waals surface area contributed by atoms with E-state index in [1.54, 1.807) is 5.57 Å². The molecule has 0 saturated heterocycles. The lowest BCUT2D eigenvalue weighted by Crippen LogP contribution is -2.51. The van der Waals surface area contributed by atoms with E-state index >= 15 is 0 Å². The first-order valence-electron chi connectivity index (χ1n) is 31.3. The Hall–Kier alpha value is -1.48. The minimum atomic E-state index is -0.753. The van der Waals surface area contributed by atoms with Crippen LogP contribution in [0.25, 0.3) is 0 Å². The van der Waals surface area contributed by atoms with E-state index in [0.29, 0.717) is 50.5 Å². The molecule has 0 radical (unpaired) electrons. The molecule has 4 aliphatic carbocycles. The molecule has 420 valence electrons. The average molecular weight is 1010 g/mol. The summed E-state index contributed by atoms with van der Waals surface area (Å²) in [6.07, 6.45) is 38.6. The Morgan fingerprint density at radius 1 is 0.653 bits per heavy atom. The van der Waals surface area contributed by atoms with Crippen molar-refractivity contribution >= 4 is 11.9 Å². The van der Waals surface area contributed by atoms with Crippen molar-refractivity contribution in [2.75, 3.05) is 33.4 Å². The van der Waals surface area contributed by atoms with Crippen molar-refractivity contribution in [2.45, 2.75) is 299 Å². The van der Waals surface area contributed by atoms with Gasteiger partial charge in [-0.05, 0) is 176 Å². The fourth-order valence-corrected chi connectivity index (χ4v) is 14.4. The maximum absolute atomic E-state index is 13.2. The zero-order chi connectivity index (χ0) is 52.4. The number of carbonyl (C=O) groups excluding carboxylic acids is 2. The number of rotatable bonds is 40. The third-order valence-corrected chi connectivity index (χ3v) is 19.5. The first-order chi connectivity index (χ1) is 34.7. The highest BCUT2D eigenvalue weighted by molar-refractivity contribution is 5.69. The van der Waals surface area contributed by atoms with Crippen LogP contribution >= 0.6 is 0 Å². The standard InChI is InChI=1S/C64H117NO7/c1-12-15-17-19-21-24-30-54(31-25-22-20-18-16-13-2)71-60(66)32-26-23-28-45-68-62(70-47-44-65(11)50(6)7)69-46-29-27-33-61(67)72-55-40-42-63(9)53(48-55)36-37-56-58-39-38-57(64(58,10)43-41-59(56)63)51(8)34-35-52(14-3)49(4)5/h36,49-52,54-59,62H,12-35,37-48H2,1-11H3. The van der Waals surface area contributed by atoms with E-state index in [2.05, 4.69) is 87.3 Å². The van der Waals surface area contributed by atoms with E-state index < -0.39 is 6.48 Å². The molecule has 0 aliphatic heterocycles. The fourth-order valence-electron chi connectivity index (χ4n) is 14.4. The molecule has 0 heterocycles. The third kappa shape index (κ3) is 20.8. The van der Waals surface area contributed by atoms with Crippen molar-refractivity contribution in [1.82, 2.24) is 4.90 Å². The first kappa shape index (κ1) is 63.1. The molecule has 0 amide bonds. The molecule has 4 aliphatic rings. The zero-order valence-electron chi connectivity index (χ0n) is 49.2. The Kier molecular flexibility index (Phi) is 30.1. The molecular formula is C64H117NO7. The van der Waals surface area contributed by atoms with Crippen molar-refractivity contribution in [1.29, 1.82) is 0 Å². The molecule has 72 heavy (non-hydrogen) atoms. The van der Waals surface area contributed by atoms with Crippen molar-refractivity contribution in [3.63, 3.8) is 0 Å². The third-order valence-electron chi connectivity index (χ3n) is 19.5. The highest BCUT2D eigenvalue weighted by Gasteiger charge is 2.59. The second-order valence-corrected chi connectivity index (χ2v) is 25.3. The molecule has 0 spiro atoms. The lowest BCUT2D eigenvalue weighted by molar-refractivity contribution is -0.289. The number of likely N-dealkylation sites (N-methyl/N-ethyl adjacent to an activating group) is 1. The highest BCUT2D eigenvalue weighted by atomic mass is 16.8. The summed E-state index contributed by atoms with van der Waals surface area (Å²) in [6, 6.07) is 0.424. The first-order valence-corrected chi connectivity index (χ1v) is 31.3. The maximum atomic E-state index is 13.2. The topological polar surface area (TPSA) is 83.5 Å². The van der Waals surface area contributed by atoms with Gasteiger partial charge < -0.3 is 28.6 Å². The van der Waals surface area contributed by atoms with Gasteiger partial charge in [0.25, 0.3) is 6.48 Å². The Morgan fingerprint density at radius 2 is 1.25 bits per heavy atom. The zero-order valence-corrected chi connectivity index (χ0v) is 49.2. The highest BCUT2D eigenvalue weighted by Crippen LogP contribution is 2.67. The Balaban J connectivity index is 1.14. The number of hydrogen-bond donors (Lipinski definition) is 0. The molecule has 10 unspecified atom stereocenters. The van der Waals surface area contributed by atoms with Gasteiger partial charge >= 0.3 is 11.9 Å². The van der Waals surface area contributed by atoms with E-state index in [-0.39, 0.29) is 29.6 Å². The Morgan fingerprint density at radius 3 is 1.89 bits per heavy atom. The van der Waals surface area contributed by atoms with Crippen molar-refractivity contribution in [2.24, 2.45) is 52.3 Å². The molecule has 8 nitrogen and oxygen atoms in total. The molecule has 0 bridgehead atoms. The second-order valence-electron chi connectivity index (χ2n) is 25.3. The molecule has 4 rings (SSSR count). The summed E-state index contributed by atoms with van der Waals surface area (Å²) in [5.41, 5.74) is 2.33. The number of fused-ring (bicyclic) bond motifs is 5. The summed E-state index contributed by atoms with van der Waals surface area (Å²) in [6.45, 7) is 25.5. The van der Waals surface area contributed by atoms with Gasteiger partial charge in [-0.15, -0.1) is 0 Å². The van der Waals surface area contributed by atoms with Crippen LogP contribution in [0, 0.1) is 52.3 Å². The monoisotopic (exact) mass is 1010 g/mol. The van der Waals surface area contributed by atoms with Crippen LogP contribution in [0.15, 0.2) is 11.6 Å². The molecule has 0 aromatic carbocycles. The number of nitrogens with zero attached hydrogens (tertiary/aromatic N) is 1. The molecular weight excluding hydrogens is 895 g/mol. The lowest BCUT2D eigenvalue weighted by Gasteiger charge is -2.58. The van der Waals surface area contributed by atoms with Crippen LogP contribution in [0.4, 0.5) is 0 Å². The van der Waals surface area contributed by atoms with Crippen LogP contribution in [0.3, 0.4) is 0 Å². The smallest absolute Gasteiger partial charge is 0.306 e. The number of allylic oxidation sites excluding steroid dienone is 1. The van der Waals surface area contributed by atoms with E-state index in [9.17, 15) is 9.59 Å². The number of ether oxygens (including phenoxy) is 5. The van der Waals surface area contributed by atoms with Gasteiger partial charge in [0.1, 0.15) is 12.2 Å². The van der Waals surface area contributed by atoms with E-state index in [0.717, 1.165) is 119 Å². The molecule has 0 N–H and O–H groups in total. The van der Waals surface area contributed by atoms with Gasteiger partial charge in [0.2, 0.25) is 0 Å². The van der Waals surface area contributed by atoms with Gasteiger partial charge in [-0.2, -0.15) is 0 Å². The summed E-state index contributed by atoms with van der Waals surface area (Å²) in [4.78, 5) is 28.4. The number of hydrogen-bond acceptors (Lipinski definition) is 8. The number of unbranched alkanes of at least 4 members (excludes halogenated alkanes) is 13. The average Bonchev–Trinajstić information content (AvgIpc) is 3.71. The van der Waals surface area contributed by atoms with Crippen molar-refractivity contribution in [3.05, 3.63) is 11.6 Å². The number of esters is 2. The summed E-state index contributed by atoms with van der Waals surface area (Å²) in [7, 11) is 2.10. The SMILES string of the molecule is CCCCCCCCC(CCCCCCCC)OC(=O)CCCCCOC(OCCCCC(=O)OC1CCC2(C)C(=CCC3C2CCC2(C)C(C(C)CCC(CC)C(C)C)CCC32)C1)OCCN(C)C(C)C. The molecule has 3 saturated carbocycles. The van der Waals surface area contributed by atoms with Crippen molar-refractivity contribution in [3.8, 4) is 0 Å². The largest absolute Gasteiger partial charge is 0.462 e. The Labute approximate surface area is 445 Å². The van der Waals surface area contributed by atoms with Crippen LogP contribution in [0.2, 0.25) is 0 Å². The normalized spacial score (nSPS) is 26.4. The van der Waals surface area contributed by atoms with Gasteiger partial charge in [0.05, 0.1) is 19.8 Å². The predicted octanol–water partition coefficient (Wildman–Crippen LogP) is 17.4. The van der Waals surface area contributed by atoms with Crippen LogP contribution in [0.5, 0.6) is 0 Å². The molecule has 3 fully saturated rings. The second kappa shape index (κ2) is 34.3. The van der Waals surface area contributed by atoms with Gasteiger partial charge in [0.15, 0.2) is 0 Å². The molecule has 0 aromatic heterocycles. The minimum Gasteiger partial charge on any atom is -0.462 e. The van der Waals surface area contributed by atoms with Crippen LogP contribution in [-0.4, -0.2) is 75.0 Å². The van der Waals surface area contributed by atoms with Gasteiger partial charge in [-0.25, -0.2) is 0 Å². The fraction of sp³-hybridized carbons (Fsp3) is 0.938. The molecule has 10 atom stereocenters. The minimum absolute atomic E-state index is 0.00417. The number of carbonyl (C=O) groups is 2. The van der Waals surface area contributed by atoms with Gasteiger partial charge in [-0.3, -0.25) is 9.59 Å². The van der Waals surface area contributed by atoms with Crippen LogP contribution < -0.4 is 0 Å². The van der Waals surface area contributed by atoms with Gasteiger partial charge in [0, 0.05) is 31.8 Å². The summed E-state index contributed by atoms with van der Waals surface area (Å²) in [5, 5.41) is 0. The lowest BCUT2D eigenvalue weighted by atomic mass is 9.47. The Bertz CT molecular complexity index is 1480. The van der Waals surface area contributed by atoms with E-state index in [1.165, 1.54) is 116 Å².